The van der Waals surface area contributed by atoms with E-state index in [1.807, 2.05) is 11.3 Å². The molecule has 1 aromatic rings. The Hall–Kier alpha value is -0.380. The van der Waals surface area contributed by atoms with E-state index in [0.717, 1.165) is 13.1 Å². The molecule has 0 aliphatic carbocycles. The lowest BCUT2D eigenvalue weighted by atomic mass is 10.2. The van der Waals surface area contributed by atoms with Gasteiger partial charge >= 0.3 is 0 Å². The van der Waals surface area contributed by atoms with Gasteiger partial charge in [-0.3, -0.25) is 4.90 Å². The molecule has 3 heteroatoms. The van der Waals surface area contributed by atoms with E-state index in [4.69, 9.17) is 0 Å². The molecule has 0 atom stereocenters. The first kappa shape index (κ1) is 15.7. The van der Waals surface area contributed by atoms with Crippen molar-refractivity contribution in [2.45, 2.75) is 59.2 Å². The highest BCUT2D eigenvalue weighted by Crippen LogP contribution is 2.14. The van der Waals surface area contributed by atoms with Crippen LogP contribution in [0, 0.1) is 0 Å². The maximum absolute atomic E-state index is 3.48. The highest BCUT2D eigenvalue weighted by Gasteiger charge is 2.10. The van der Waals surface area contributed by atoms with Gasteiger partial charge in [0.2, 0.25) is 0 Å². The molecule has 0 spiro atoms. The van der Waals surface area contributed by atoms with Gasteiger partial charge in [-0.1, -0.05) is 19.9 Å². The summed E-state index contributed by atoms with van der Waals surface area (Å²) in [5, 5.41) is 5.64. The summed E-state index contributed by atoms with van der Waals surface area (Å²) in [6.07, 6.45) is 2.55. The van der Waals surface area contributed by atoms with Crippen molar-refractivity contribution in [3.05, 3.63) is 22.4 Å². The van der Waals surface area contributed by atoms with E-state index in [-0.39, 0.29) is 0 Å². The molecule has 1 heterocycles. The van der Waals surface area contributed by atoms with Gasteiger partial charge in [-0.2, -0.15) is 0 Å². The van der Waals surface area contributed by atoms with Crippen LogP contribution in [0.5, 0.6) is 0 Å². The minimum absolute atomic E-state index is 0.609. The zero-order valence-corrected chi connectivity index (χ0v) is 13.1. The summed E-state index contributed by atoms with van der Waals surface area (Å²) in [5.74, 6) is 0. The first-order valence-electron chi connectivity index (χ1n) is 7.09. The molecule has 104 valence electrons. The minimum atomic E-state index is 0.609. The fourth-order valence-electron chi connectivity index (χ4n) is 1.95. The van der Waals surface area contributed by atoms with Crippen molar-refractivity contribution in [2.75, 3.05) is 13.1 Å². The second-order valence-corrected chi connectivity index (χ2v) is 6.49. The lowest BCUT2D eigenvalue weighted by Gasteiger charge is -2.26. The molecular formula is C15H28N2S. The van der Waals surface area contributed by atoms with Crippen LogP contribution in [0.3, 0.4) is 0 Å². The average Bonchev–Trinajstić information content (AvgIpc) is 2.79. The van der Waals surface area contributed by atoms with Crippen LogP contribution >= 0.6 is 11.3 Å². The molecule has 0 aromatic carbocycles. The maximum Gasteiger partial charge on any atom is 0.0330 e. The lowest BCUT2D eigenvalue weighted by Crippen LogP contribution is -2.31. The van der Waals surface area contributed by atoms with Crippen LogP contribution < -0.4 is 5.32 Å². The molecule has 0 saturated heterocycles. The van der Waals surface area contributed by atoms with Gasteiger partial charge in [0.05, 0.1) is 0 Å². The van der Waals surface area contributed by atoms with Gasteiger partial charge in [0.1, 0.15) is 0 Å². The van der Waals surface area contributed by atoms with Gasteiger partial charge in [-0.05, 0) is 51.2 Å². The molecule has 0 amide bonds. The summed E-state index contributed by atoms with van der Waals surface area (Å²) < 4.78 is 0. The predicted octanol–water partition coefficient (Wildman–Crippen LogP) is 3.74. The molecule has 1 N–H and O–H groups in total. The van der Waals surface area contributed by atoms with Crippen LogP contribution in [-0.2, 0) is 6.54 Å². The monoisotopic (exact) mass is 268 g/mol. The third kappa shape index (κ3) is 6.53. The van der Waals surface area contributed by atoms with Crippen LogP contribution in [0.15, 0.2) is 17.5 Å². The van der Waals surface area contributed by atoms with Crippen molar-refractivity contribution in [1.29, 1.82) is 0 Å². The van der Waals surface area contributed by atoms with Gasteiger partial charge in [-0.25, -0.2) is 0 Å². The average molecular weight is 268 g/mol. The Morgan fingerprint density at radius 3 is 2.56 bits per heavy atom. The number of unbranched alkanes of at least 4 members (excludes halogenated alkanes) is 1. The smallest absolute Gasteiger partial charge is 0.0330 e. The molecule has 0 radical (unpaired) electrons. The fourth-order valence-corrected chi connectivity index (χ4v) is 2.68. The Kier molecular flexibility index (Phi) is 7.56. The highest BCUT2D eigenvalue weighted by molar-refractivity contribution is 7.09. The largest absolute Gasteiger partial charge is 0.315 e. The van der Waals surface area contributed by atoms with Gasteiger partial charge in [0, 0.05) is 23.5 Å². The molecule has 18 heavy (non-hydrogen) atoms. The van der Waals surface area contributed by atoms with E-state index < -0.39 is 0 Å². The van der Waals surface area contributed by atoms with E-state index in [2.05, 4.69) is 55.4 Å². The van der Waals surface area contributed by atoms with Crippen molar-refractivity contribution in [1.82, 2.24) is 10.2 Å². The van der Waals surface area contributed by atoms with Gasteiger partial charge in [0.15, 0.2) is 0 Å². The van der Waals surface area contributed by atoms with E-state index in [9.17, 15) is 0 Å². The molecule has 0 bridgehead atoms. The molecule has 1 aromatic heterocycles. The number of nitrogens with zero attached hydrogens (tertiary/aromatic N) is 1. The molecule has 0 unspecified atom stereocenters. The first-order chi connectivity index (χ1) is 8.59. The first-order valence-corrected chi connectivity index (χ1v) is 7.97. The second-order valence-electron chi connectivity index (χ2n) is 5.46. The molecule has 2 nitrogen and oxygen atoms in total. The molecule has 0 aliphatic heterocycles. The van der Waals surface area contributed by atoms with Crippen molar-refractivity contribution >= 4 is 11.3 Å². The van der Waals surface area contributed by atoms with Gasteiger partial charge < -0.3 is 5.32 Å². The Bertz CT molecular complexity index is 293. The summed E-state index contributed by atoms with van der Waals surface area (Å²) in [7, 11) is 0. The fraction of sp³-hybridized carbons (Fsp3) is 0.733. The van der Waals surface area contributed by atoms with E-state index >= 15 is 0 Å². The highest BCUT2D eigenvalue weighted by atomic mass is 32.1. The molecule has 0 fully saturated rings. The van der Waals surface area contributed by atoms with Crippen molar-refractivity contribution in [3.8, 4) is 0 Å². The third-order valence-electron chi connectivity index (χ3n) is 3.09. The zero-order chi connectivity index (χ0) is 13.4. The number of hydrogen-bond donors (Lipinski definition) is 1. The second kappa shape index (κ2) is 8.68. The number of thiophene rings is 1. The third-order valence-corrected chi connectivity index (χ3v) is 3.96. The molecule has 1 rings (SSSR count). The summed E-state index contributed by atoms with van der Waals surface area (Å²) in [6, 6.07) is 5.62. The lowest BCUT2D eigenvalue weighted by molar-refractivity contribution is 0.210. The number of hydrogen-bond acceptors (Lipinski definition) is 3. The standard InChI is InChI=1S/C15H28N2S/c1-13(2)16-9-5-6-10-17(14(3)4)12-15-8-7-11-18-15/h7-8,11,13-14,16H,5-6,9-10,12H2,1-4H3. The van der Waals surface area contributed by atoms with Crippen LogP contribution in [0.25, 0.3) is 0 Å². The predicted molar refractivity (Wildman–Crippen MR) is 82.2 cm³/mol. The molecule has 0 saturated carbocycles. The Labute approximate surface area is 116 Å². The number of nitrogens with one attached hydrogen (secondary N) is 1. The normalized spacial score (nSPS) is 11.9. The Balaban J connectivity index is 2.22. The molecule has 0 aliphatic rings. The van der Waals surface area contributed by atoms with Crippen molar-refractivity contribution < 1.29 is 0 Å². The SMILES string of the molecule is CC(C)NCCCCN(Cc1cccs1)C(C)C. The molecular weight excluding hydrogens is 240 g/mol. The van der Waals surface area contributed by atoms with E-state index in [0.29, 0.717) is 12.1 Å². The summed E-state index contributed by atoms with van der Waals surface area (Å²) in [6.45, 7) is 12.4. The van der Waals surface area contributed by atoms with Crippen LogP contribution in [0.1, 0.15) is 45.4 Å². The zero-order valence-electron chi connectivity index (χ0n) is 12.3. The summed E-state index contributed by atoms with van der Waals surface area (Å²) in [5.41, 5.74) is 0. The van der Waals surface area contributed by atoms with Crippen LogP contribution in [-0.4, -0.2) is 30.1 Å². The van der Waals surface area contributed by atoms with Gasteiger partial charge in [0.25, 0.3) is 0 Å². The summed E-state index contributed by atoms with van der Waals surface area (Å²) in [4.78, 5) is 4.05. The minimum Gasteiger partial charge on any atom is -0.315 e. The quantitative estimate of drug-likeness (QED) is 0.686. The van der Waals surface area contributed by atoms with Crippen molar-refractivity contribution in [2.24, 2.45) is 0 Å². The van der Waals surface area contributed by atoms with Crippen molar-refractivity contribution in [3.63, 3.8) is 0 Å². The van der Waals surface area contributed by atoms with Crippen LogP contribution in [0.4, 0.5) is 0 Å². The summed E-state index contributed by atoms with van der Waals surface area (Å²) >= 11 is 1.86. The maximum atomic E-state index is 3.48. The van der Waals surface area contributed by atoms with Crippen LogP contribution in [0.2, 0.25) is 0 Å². The Morgan fingerprint density at radius 1 is 1.22 bits per heavy atom. The number of rotatable bonds is 9. The Morgan fingerprint density at radius 2 is 2.00 bits per heavy atom. The van der Waals surface area contributed by atoms with Gasteiger partial charge in [-0.15, -0.1) is 11.3 Å². The van der Waals surface area contributed by atoms with E-state index in [1.165, 1.54) is 24.3 Å². The van der Waals surface area contributed by atoms with E-state index in [1.54, 1.807) is 0 Å². The topological polar surface area (TPSA) is 15.3 Å².